The first kappa shape index (κ1) is 12.3. The summed E-state index contributed by atoms with van der Waals surface area (Å²) in [6.45, 7) is 3.29. The normalized spacial score (nSPS) is 20.4. The van der Waals surface area contributed by atoms with Gasteiger partial charge in [-0.1, -0.05) is 0 Å². The highest BCUT2D eigenvalue weighted by Crippen LogP contribution is 2.13. The Hall–Kier alpha value is -0.650. The van der Waals surface area contributed by atoms with Crippen molar-refractivity contribution in [3.63, 3.8) is 0 Å². The van der Waals surface area contributed by atoms with Crippen molar-refractivity contribution in [2.45, 2.75) is 32.7 Å². The Balaban J connectivity index is 4.33. The minimum Gasteiger partial charge on any atom is -0.481 e. The molecule has 0 aromatic carbocycles. The molecule has 3 N–H and O–H groups in total. The van der Waals surface area contributed by atoms with Gasteiger partial charge in [0.2, 0.25) is 0 Å². The van der Waals surface area contributed by atoms with Crippen LogP contribution in [0.15, 0.2) is 0 Å². The van der Waals surface area contributed by atoms with Gasteiger partial charge in [0.25, 0.3) is 0 Å². The molecule has 0 spiro atoms. The first-order valence-electron chi connectivity index (χ1n) is 4.23. The molecule has 5 nitrogen and oxygen atoms in total. The lowest BCUT2D eigenvalue weighted by molar-refractivity contribution is -0.990. The zero-order valence-corrected chi connectivity index (χ0v) is 8.27. The van der Waals surface area contributed by atoms with E-state index >= 15 is 0 Å². The molecule has 5 heteroatoms. The molecule has 0 rings (SSSR count). The van der Waals surface area contributed by atoms with Gasteiger partial charge in [0.05, 0.1) is 20.0 Å². The zero-order valence-electron chi connectivity index (χ0n) is 8.27. The molecule has 2 unspecified atom stereocenters. The van der Waals surface area contributed by atoms with Crippen LogP contribution in [0.25, 0.3) is 0 Å². The van der Waals surface area contributed by atoms with Gasteiger partial charge in [-0.25, -0.2) is 0 Å². The molecular formula is C8H18NO4+. The number of rotatable bonds is 5. The van der Waals surface area contributed by atoms with Gasteiger partial charge in [-0.2, -0.15) is 0 Å². The molecular weight excluding hydrogens is 174 g/mol. The molecule has 0 amide bonds. The lowest BCUT2D eigenvalue weighted by Gasteiger charge is -2.39. The van der Waals surface area contributed by atoms with Gasteiger partial charge in [-0.3, -0.25) is 9.28 Å². The number of carboxylic acids is 1. The van der Waals surface area contributed by atoms with Crippen molar-refractivity contribution >= 4 is 5.97 Å². The number of aliphatic carboxylic acids is 1. The number of hydrogen-bond acceptors (Lipinski definition) is 3. The maximum absolute atomic E-state index is 10.3. The van der Waals surface area contributed by atoms with E-state index in [-0.39, 0.29) is 17.4 Å². The summed E-state index contributed by atoms with van der Waals surface area (Å²) in [5.74, 6) is -0.925. The summed E-state index contributed by atoms with van der Waals surface area (Å²) in [6, 6.07) is 0. The van der Waals surface area contributed by atoms with Gasteiger partial charge < -0.3 is 15.3 Å². The van der Waals surface area contributed by atoms with E-state index in [9.17, 15) is 15.0 Å². The van der Waals surface area contributed by atoms with Crippen LogP contribution in [0, 0.1) is 0 Å². The molecule has 2 atom stereocenters. The van der Waals surface area contributed by atoms with E-state index in [0.29, 0.717) is 0 Å². The van der Waals surface area contributed by atoms with Gasteiger partial charge in [0, 0.05) is 13.8 Å². The van der Waals surface area contributed by atoms with Gasteiger partial charge in [-0.05, 0) is 0 Å². The van der Waals surface area contributed by atoms with Crippen LogP contribution in [0.5, 0.6) is 0 Å². The maximum atomic E-state index is 10.3. The first-order valence-corrected chi connectivity index (χ1v) is 4.23. The Labute approximate surface area is 77.8 Å². The van der Waals surface area contributed by atoms with Crippen LogP contribution in [-0.2, 0) is 4.79 Å². The SMILES string of the molecule is CC(O)[N+](C)(CCC(=O)O)C(C)O. The Bertz CT molecular complexity index is 171. The fourth-order valence-electron chi connectivity index (χ4n) is 1.02. The van der Waals surface area contributed by atoms with Crippen molar-refractivity contribution in [1.82, 2.24) is 0 Å². The fourth-order valence-corrected chi connectivity index (χ4v) is 1.02. The second kappa shape index (κ2) is 4.55. The number of hydrogen-bond donors (Lipinski definition) is 3. The molecule has 0 fully saturated rings. The van der Waals surface area contributed by atoms with Crippen LogP contribution in [0.1, 0.15) is 20.3 Å². The molecule has 13 heavy (non-hydrogen) atoms. The van der Waals surface area contributed by atoms with Crippen molar-refractivity contribution in [1.29, 1.82) is 0 Å². The molecule has 0 aliphatic carbocycles. The smallest absolute Gasteiger partial charge is 0.309 e. The molecule has 0 saturated heterocycles. The highest BCUT2D eigenvalue weighted by molar-refractivity contribution is 5.66. The van der Waals surface area contributed by atoms with Crippen molar-refractivity contribution in [3.8, 4) is 0 Å². The molecule has 0 saturated carbocycles. The molecule has 0 bridgehead atoms. The molecule has 0 heterocycles. The van der Waals surface area contributed by atoms with Crippen molar-refractivity contribution in [2.24, 2.45) is 0 Å². The van der Waals surface area contributed by atoms with E-state index in [4.69, 9.17) is 5.11 Å². The Morgan fingerprint density at radius 3 is 1.92 bits per heavy atom. The molecule has 0 aromatic rings. The number of aliphatic hydroxyl groups is 2. The van der Waals surface area contributed by atoms with Gasteiger partial charge in [0.15, 0.2) is 12.5 Å². The summed E-state index contributed by atoms with van der Waals surface area (Å²) >= 11 is 0. The van der Waals surface area contributed by atoms with Crippen LogP contribution >= 0.6 is 0 Å². The maximum Gasteiger partial charge on any atom is 0.309 e. The standard InChI is InChI=1S/C8H17NO4/c1-6(10)9(3,7(2)11)5-4-8(12)13/h6-7,10-11H,4-5H2,1-3H3/p+1. The minimum atomic E-state index is -0.925. The number of aliphatic hydroxyl groups excluding tert-OH is 2. The highest BCUT2D eigenvalue weighted by atomic mass is 16.4. The molecule has 0 aliphatic rings. The van der Waals surface area contributed by atoms with Crippen LogP contribution in [0.2, 0.25) is 0 Å². The van der Waals surface area contributed by atoms with Crippen LogP contribution in [-0.4, -0.2) is 51.8 Å². The van der Waals surface area contributed by atoms with Crippen LogP contribution in [0.3, 0.4) is 0 Å². The van der Waals surface area contributed by atoms with Crippen LogP contribution in [0.4, 0.5) is 0 Å². The topological polar surface area (TPSA) is 77.8 Å². The summed E-state index contributed by atoms with van der Waals surface area (Å²) in [4.78, 5) is 10.3. The van der Waals surface area contributed by atoms with E-state index in [2.05, 4.69) is 0 Å². The predicted molar refractivity (Wildman–Crippen MR) is 46.7 cm³/mol. The van der Waals surface area contributed by atoms with E-state index in [0.717, 1.165) is 0 Å². The Morgan fingerprint density at radius 1 is 1.31 bits per heavy atom. The van der Waals surface area contributed by atoms with E-state index in [1.165, 1.54) is 13.8 Å². The van der Waals surface area contributed by atoms with E-state index < -0.39 is 18.4 Å². The summed E-state index contributed by atoms with van der Waals surface area (Å²) in [5, 5.41) is 27.2. The average Bonchev–Trinajstić information content (AvgIpc) is 1.99. The van der Waals surface area contributed by atoms with Gasteiger partial charge in [0.1, 0.15) is 0 Å². The number of quaternary nitrogens is 1. The van der Waals surface area contributed by atoms with Crippen molar-refractivity contribution < 1.29 is 24.6 Å². The summed E-state index contributed by atoms with van der Waals surface area (Å²) in [6.07, 6.45) is -1.62. The van der Waals surface area contributed by atoms with Crippen molar-refractivity contribution in [3.05, 3.63) is 0 Å². The van der Waals surface area contributed by atoms with E-state index in [1.54, 1.807) is 7.05 Å². The number of carbonyl (C=O) groups is 1. The van der Waals surface area contributed by atoms with Crippen molar-refractivity contribution in [2.75, 3.05) is 13.6 Å². The minimum absolute atomic E-state index is 0.0632. The second-order valence-electron chi connectivity index (χ2n) is 3.48. The third-order valence-corrected chi connectivity index (χ3v) is 2.51. The molecule has 0 radical (unpaired) electrons. The molecule has 0 aromatic heterocycles. The average molecular weight is 192 g/mol. The summed E-state index contributed by atoms with van der Waals surface area (Å²) < 4.78 is -0.0632. The first-order chi connectivity index (χ1) is 5.80. The third kappa shape index (κ3) is 3.30. The largest absolute Gasteiger partial charge is 0.481 e. The highest BCUT2D eigenvalue weighted by Gasteiger charge is 2.32. The zero-order chi connectivity index (χ0) is 10.6. The van der Waals surface area contributed by atoms with Gasteiger partial charge >= 0.3 is 5.97 Å². The number of carboxylic acid groups (broad SMARTS) is 1. The number of nitrogens with zero attached hydrogens (tertiary/aromatic N) is 1. The lowest BCUT2D eigenvalue weighted by atomic mass is 10.3. The third-order valence-electron chi connectivity index (χ3n) is 2.51. The summed E-state index contributed by atoms with van der Waals surface area (Å²) in [5.41, 5.74) is 0. The lowest BCUT2D eigenvalue weighted by Crippen LogP contribution is -2.57. The monoisotopic (exact) mass is 192 g/mol. The fraction of sp³-hybridized carbons (Fsp3) is 0.875. The Morgan fingerprint density at radius 2 is 1.69 bits per heavy atom. The second-order valence-corrected chi connectivity index (χ2v) is 3.48. The Kier molecular flexibility index (Phi) is 4.32. The van der Waals surface area contributed by atoms with Crippen LogP contribution < -0.4 is 0 Å². The van der Waals surface area contributed by atoms with Gasteiger partial charge in [-0.15, -0.1) is 0 Å². The van der Waals surface area contributed by atoms with E-state index in [1.807, 2.05) is 0 Å². The molecule has 0 aliphatic heterocycles. The quantitative estimate of drug-likeness (QED) is 0.408. The predicted octanol–water partition coefficient (Wildman–Crippen LogP) is -0.416. The molecule has 78 valence electrons. The summed E-state index contributed by atoms with van der Waals surface area (Å²) in [7, 11) is 1.62.